The summed E-state index contributed by atoms with van der Waals surface area (Å²) in [7, 11) is -3.40. The van der Waals surface area contributed by atoms with Crippen LogP contribution < -0.4 is 9.80 Å². The van der Waals surface area contributed by atoms with E-state index in [4.69, 9.17) is 4.98 Å². The Balaban J connectivity index is 1.45. The van der Waals surface area contributed by atoms with Crippen molar-refractivity contribution in [2.75, 3.05) is 35.2 Å². The van der Waals surface area contributed by atoms with Gasteiger partial charge in [0.2, 0.25) is 5.91 Å². The zero-order valence-corrected chi connectivity index (χ0v) is 24.1. The van der Waals surface area contributed by atoms with Gasteiger partial charge in [-0.1, -0.05) is 27.2 Å². The molecule has 3 aliphatic heterocycles. The number of aryl methyl sites for hydroxylation is 1. The molecule has 0 aliphatic carbocycles. The van der Waals surface area contributed by atoms with E-state index in [1.165, 1.54) is 0 Å². The van der Waals surface area contributed by atoms with Crippen LogP contribution in [0, 0.1) is 11.3 Å². The van der Waals surface area contributed by atoms with E-state index in [1.54, 1.807) is 11.2 Å². The van der Waals surface area contributed by atoms with Crippen LogP contribution in [0.15, 0.2) is 12.4 Å². The van der Waals surface area contributed by atoms with Crippen LogP contribution >= 0.6 is 0 Å². The summed E-state index contributed by atoms with van der Waals surface area (Å²) in [6, 6.07) is 3.78. The summed E-state index contributed by atoms with van der Waals surface area (Å²) >= 11 is 0. The van der Waals surface area contributed by atoms with Crippen LogP contribution in [0.3, 0.4) is 0 Å². The number of nitrogens with zero attached hydrogens (tertiary/aromatic N) is 8. The molecule has 0 N–H and O–H groups in total. The summed E-state index contributed by atoms with van der Waals surface area (Å²) in [5, 5.41) is 17.0. The number of anilines is 3. The summed E-state index contributed by atoms with van der Waals surface area (Å²) < 4.78 is 25.3. The molecule has 0 unspecified atom stereocenters. The standard InChI is InChI=1S/C27H36N8O3S/c1-6-19-11-22(32-31-20(19)12-28)35-15-27(4,5)23-24(29-16-30-25(23)35)33-13-18(3)34(14-17(33)2)26(36)21-9-7-8-10-39(21,37)38/h11,16-18,21H,6-10,13-15H2,1-5H3/t17-,18+,21-/m0/s1. The smallest absolute Gasteiger partial charge is 0.241 e. The second-order valence-corrected chi connectivity index (χ2v) is 13.9. The second kappa shape index (κ2) is 10.0. The van der Waals surface area contributed by atoms with E-state index in [-0.39, 0.29) is 29.2 Å². The van der Waals surface area contributed by atoms with Crippen molar-refractivity contribution in [3.63, 3.8) is 0 Å². The fourth-order valence-corrected chi connectivity index (χ4v) is 8.05. The molecule has 5 rings (SSSR count). The van der Waals surface area contributed by atoms with Gasteiger partial charge in [0, 0.05) is 42.7 Å². The van der Waals surface area contributed by atoms with Gasteiger partial charge in [0.1, 0.15) is 29.3 Å². The highest BCUT2D eigenvalue weighted by Crippen LogP contribution is 2.47. The minimum Gasteiger partial charge on any atom is -0.350 e. The molecule has 0 radical (unpaired) electrons. The van der Waals surface area contributed by atoms with Gasteiger partial charge in [0.05, 0.1) is 5.75 Å². The minimum absolute atomic E-state index is 0.0679. The molecular weight excluding hydrogens is 516 g/mol. The van der Waals surface area contributed by atoms with Crippen LogP contribution in [0.1, 0.15) is 70.7 Å². The Labute approximate surface area is 230 Å². The highest BCUT2D eigenvalue weighted by molar-refractivity contribution is 7.92. The van der Waals surface area contributed by atoms with Crippen molar-refractivity contribution < 1.29 is 13.2 Å². The molecule has 11 nitrogen and oxygen atoms in total. The molecule has 5 heterocycles. The maximum atomic E-state index is 13.4. The number of carbonyl (C=O) groups is 1. The van der Waals surface area contributed by atoms with E-state index in [9.17, 15) is 18.5 Å². The fraction of sp³-hybridized carbons (Fsp3) is 0.630. The molecule has 2 saturated heterocycles. The SMILES string of the molecule is CCc1cc(N2CC(C)(C)c3c2ncnc3N2C[C@@H](C)N(C(=O)[C@@H]3CCCCS3(=O)=O)C[C@@H]2C)nnc1C#N. The number of aromatic nitrogens is 4. The Bertz CT molecular complexity index is 1440. The van der Waals surface area contributed by atoms with Gasteiger partial charge in [-0.2, -0.15) is 5.26 Å². The molecule has 3 atom stereocenters. The highest BCUT2D eigenvalue weighted by Gasteiger charge is 2.45. The average molecular weight is 553 g/mol. The highest BCUT2D eigenvalue weighted by atomic mass is 32.2. The first-order valence-electron chi connectivity index (χ1n) is 13.7. The Kier molecular flexibility index (Phi) is 6.99. The third kappa shape index (κ3) is 4.71. The summed E-state index contributed by atoms with van der Waals surface area (Å²) in [5.41, 5.74) is 1.87. The van der Waals surface area contributed by atoms with Crippen molar-refractivity contribution in [1.29, 1.82) is 5.26 Å². The number of amides is 1. The van der Waals surface area contributed by atoms with Gasteiger partial charge in [-0.15, -0.1) is 10.2 Å². The van der Waals surface area contributed by atoms with Gasteiger partial charge in [0.25, 0.3) is 0 Å². The molecule has 2 aromatic heterocycles. The van der Waals surface area contributed by atoms with Crippen molar-refractivity contribution in [1.82, 2.24) is 25.1 Å². The van der Waals surface area contributed by atoms with Crippen molar-refractivity contribution >= 4 is 33.2 Å². The molecule has 2 fully saturated rings. The van der Waals surface area contributed by atoms with Crippen LogP contribution in [-0.4, -0.2) is 82.1 Å². The number of carbonyl (C=O) groups excluding carboxylic acids is 1. The number of hydrogen-bond donors (Lipinski definition) is 0. The molecule has 208 valence electrons. The first kappa shape index (κ1) is 27.2. The van der Waals surface area contributed by atoms with Crippen LogP contribution in [0.4, 0.5) is 17.5 Å². The number of rotatable bonds is 4. The molecule has 3 aliphatic rings. The van der Waals surface area contributed by atoms with E-state index >= 15 is 0 Å². The predicted molar refractivity (Wildman–Crippen MR) is 148 cm³/mol. The van der Waals surface area contributed by atoms with E-state index < -0.39 is 15.1 Å². The van der Waals surface area contributed by atoms with Gasteiger partial charge in [-0.25, -0.2) is 18.4 Å². The zero-order chi connectivity index (χ0) is 28.1. The van der Waals surface area contributed by atoms with Gasteiger partial charge >= 0.3 is 0 Å². The van der Waals surface area contributed by atoms with Gasteiger partial charge in [-0.05, 0) is 44.7 Å². The largest absolute Gasteiger partial charge is 0.350 e. The second-order valence-electron chi connectivity index (χ2n) is 11.6. The number of piperazine rings is 1. The quantitative estimate of drug-likeness (QED) is 0.556. The lowest BCUT2D eigenvalue weighted by Gasteiger charge is -2.46. The lowest BCUT2D eigenvalue weighted by molar-refractivity contribution is -0.133. The monoisotopic (exact) mass is 552 g/mol. The van der Waals surface area contributed by atoms with Crippen LogP contribution in [0.5, 0.6) is 0 Å². The molecule has 0 bridgehead atoms. The maximum absolute atomic E-state index is 13.4. The number of fused-ring (bicyclic) bond motifs is 1. The Morgan fingerprint density at radius 2 is 1.87 bits per heavy atom. The fourth-order valence-electron chi connectivity index (χ4n) is 6.19. The lowest BCUT2D eigenvalue weighted by atomic mass is 9.87. The molecule has 2 aromatic rings. The Hall–Kier alpha value is -3.33. The molecule has 0 aromatic carbocycles. The third-order valence-electron chi connectivity index (χ3n) is 8.31. The lowest BCUT2D eigenvalue weighted by Crippen LogP contribution is -2.61. The van der Waals surface area contributed by atoms with Crippen LogP contribution in [0.25, 0.3) is 0 Å². The zero-order valence-electron chi connectivity index (χ0n) is 23.3. The van der Waals surface area contributed by atoms with E-state index in [2.05, 4.69) is 46.9 Å². The molecule has 1 amide bonds. The molecule has 12 heteroatoms. The number of hydrogen-bond acceptors (Lipinski definition) is 10. The van der Waals surface area contributed by atoms with Crippen LogP contribution in [0.2, 0.25) is 0 Å². The summed E-state index contributed by atoms with van der Waals surface area (Å²) in [5.74, 6) is 2.06. The first-order chi connectivity index (χ1) is 18.5. The normalized spacial score (nSPS) is 25.7. The Morgan fingerprint density at radius 3 is 2.56 bits per heavy atom. The van der Waals surface area contributed by atoms with Crippen molar-refractivity contribution in [3.8, 4) is 6.07 Å². The van der Waals surface area contributed by atoms with Crippen molar-refractivity contribution in [2.24, 2.45) is 0 Å². The van der Waals surface area contributed by atoms with Gasteiger partial charge < -0.3 is 14.7 Å². The molecule has 0 spiro atoms. The minimum atomic E-state index is -3.40. The topological polar surface area (TPSA) is 136 Å². The third-order valence-corrected chi connectivity index (χ3v) is 10.5. The molecule has 0 saturated carbocycles. The van der Waals surface area contributed by atoms with Crippen molar-refractivity contribution in [2.45, 2.75) is 83.1 Å². The van der Waals surface area contributed by atoms with E-state index in [1.807, 2.05) is 24.8 Å². The van der Waals surface area contributed by atoms with Crippen LogP contribution in [-0.2, 0) is 26.5 Å². The first-order valence-corrected chi connectivity index (χ1v) is 15.4. The summed E-state index contributed by atoms with van der Waals surface area (Å²) in [4.78, 5) is 28.8. The summed E-state index contributed by atoms with van der Waals surface area (Å²) in [6.07, 6.45) is 4.03. The number of nitriles is 1. The predicted octanol–water partition coefficient (Wildman–Crippen LogP) is 2.52. The Morgan fingerprint density at radius 1 is 1.13 bits per heavy atom. The van der Waals surface area contributed by atoms with E-state index in [0.29, 0.717) is 50.4 Å². The van der Waals surface area contributed by atoms with Crippen molar-refractivity contribution in [3.05, 3.63) is 29.2 Å². The molecule has 39 heavy (non-hydrogen) atoms. The molecular formula is C27H36N8O3S. The summed E-state index contributed by atoms with van der Waals surface area (Å²) in [6.45, 7) is 11.9. The van der Waals surface area contributed by atoms with Gasteiger partial charge in [0.15, 0.2) is 21.3 Å². The average Bonchev–Trinajstić information content (AvgIpc) is 3.19. The van der Waals surface area contributed by atoms with E-state index in [0.717, 1.165) is 29.2 Å². The maximum Gasteiger partial charge on any atom is 0.241 e. The number of sulfone groups is 1. The van der Waals surface area contributed by atoms with Gasteiger partial charge in [-0.3, -0.25) is 4.79 Å².